The van der Waals surface area contributed by atoms with E-state index in [2.05, 4.69) is 50.3 Å². The second-order valence-corrected chi connectivity index (χ2v) is 17.6. The number of carbonyl (C=O) groups is 2. The molecule has 4 N–H and O–H groups in total. The fraction of sp³-hybridized carbons (Fsp3) is 0.750. The minimum Gasteiger partial charge on any atom is -0.462 e. The van der Waals surface area contributed by atoms with Gasteiger partial charge in [-0.3, -0.25) is 14.1 Å². The Balaban J connectivity index is 2.47. The summed E-state index contributed by atoms with van der Waals surface area (Å²) in [5.74, 6) is -2.14. The smallest absolute Gasteiger partial charge is 0.310 e. The summed E-state index contributed by atoms with van der Waals surface area (Å²) >= 11 is 0. The number of aliphatic hydroxyl groups excluding tert-OH is 3. The van der Waals surface area contributed by atoms with Crippen molar-refractivity contribution in [1.29, 1.82) is 0 Å². The highest BCUT2D eigenvalue weighted by Gasteiger charge is 2.46. The molecule has 12 nitrogen and oxygen atoms in total. The standard InChI is InChI=1S/C48H82O12S/c1-3-5-7-9-11-13-15-17-19-20-21-23-24-26-28-30-32-34-36-43(49)57-38-41(39-58-48-47(53)46(52)45(51)42(60-48)40-61(54,55)56)59-44(50)37-35-33-31-29-27-25-22-18-16-14-12-10-8-6-4-2/h6,8,12,14,18,22,27,29,33,35,41-42,45-48,51-53H,3-5,7,9-11,13,15-17,19-21,23-26,28,30-32,34,36-40H2,1-2H3,(H,54,55,56)/b8-6-,14-12-,22-18-,29-27-,35-33-. The number of unbranched alkanes of at least 4 members (excludes halogenated alkanes) is 17. The molecule has 0 aromatic heterocycles. The molecule has 1 aliphatic heterocycles. The number of hydrogen-bond acceptors (Lipinski definition) is 11. The molecule has 0 spiro atoms. The monoisotopic (exact) mass is 883 g/mol. The highest BCUT2D eigenvalue weighted by atomic mass is 32.2. The molecule has 1 saturated heterocycles. The van der Waals surface area contributed by atoms with E-state index in [1.165, 1.54) is 89.9 Å². The van der Waals surface area contributed by atoms with Gasteiger partial charge in [0, 0.05) is 6.42 Å². The van der Waals surface area contributed by atoms with Crippen LogP contribution < -0.4 is 0 Å². The number of esters is 2. The Labute approximate surface area is 368 Å². The predicted molar refractivity (Wildman–Crippen MR) is 242 cm³/mol. The molecule has 61 heavy (non-hydrogen) atoms. The summed E-state index contributed by atoms with van der Waals surface area (Å²) in [5.41, 5.74) is 0. The number of hydrogen-bond donors (Lipinski definition) is 4. The van der Waals surface area contributed by atoms with Gasteiger partial charge in [-0.05, 0) is 38.5 Å². The van der Waals surface area contributed by atoms with Crippen molar-refractivity contribution in [2.24, 2.45) is 0 Å². The molecular weight excluding hydrogens is 801 g/mol. The van der Waals surface area contributed by atoms with E-state index in [0.717, 1.165) is 44.9 Å². The van der Waals surface area contributed by atoms with Gasteiger partial charge >= 0.3 is 11.9 Å². The Morgan fingerprint density at radius 3 is 1.48 bits per heavy atom. The summed E-state index contributed by atoms with van der Waals surface area (Å²) < 4.78 is 53.9. The lowest BCUT2D eigenvalue weighted by Crippen LogP contribution is -2.60. The Morgan fingerprint density at radius 2 is 1.02 bits per heavy atom. The van der Waals surface area contributed by atoms with Gasteiger partial charge in [0.1, 0.15) is 36.8 Å². The number of allylic oxidation sites excluding steroid dienone is 9. The quantitative estimate of drug-likeness (QED) is 0.0199. The van der Waals surface area contributed by atoms with Crippen molar-refractivity contribution in [1.82, 2.24) is 0 Å². The molecule has 0 aromatic carbocycles. The summed E-state index contributed by atoms with van der Waals surface area (Å²) in [6.45, 7) is 3.57. The van der Waals surface area contributed by atoms with E-state index in [9.17, 15) is 37.9 Å². The molecule has 0 bridgehead atoms. The summed E-state index contributed by atoms with van der Waals surface area (Å²) in [7, 11) is -4.62. The van der Waals surface area contributed by atoms with Crippen molar-refractivity contribution in [3.8, 4) is 0 Å². The largest absolute Gasteiger partial charge is 0.462 e. The molecule has 1 heterocycles. The van der Waals surface area contributed by atoms with Crippen LogP contribution in [-0.2, 0) is 38.7 Å². The normalized spacial score (nSPS) is 20.5. The molecule has 1 rings (SSSR count). The van der Waals surface area contributed by atoms with Crippen molar-refractivity contribution < 1.29 is 56.8 Å². The van der Waals surface area contributed by atoms with Crippen LogP contribution in [0.4, 0.5) is 0 Å². The second-order valence-electron chi connectivity index (χ2n) is 16.1. The molecule has 0 aromatic rings. The van der Waals surface area contributed by atoms with E-state index >= 15 is 0 Å². The molecule has 6 atom stereocenters. The first-order valence-corrected chi connectivity index (χ1v) is 25.0. The first kappa shape index (κ1) is 56.4. The average molecular weight is 883 g/mol. The van der Waals surface area contributed by atoms with E-state index in [1.807, 2.05) is 18.2 Å². The molecule has 0 amide bonds. The molecule has 0 aliphatic carbocycles. The topological polar surface area (TPSA) is 186 Å². The van der Waals surface area contributed by atoms with Crippen LogP contribution in [-0.4, -0.2) is 96.0 Å². The highest BCUT2D eigenvalue weighted by Crippen LogP contribution is 2.24. The van der Waals surface area contributed by atoms with Crippen molar-refractivity contribution in [2.45, 2.75) is 211 Å². The molecule has 1 fully saturated rings. The zero-order valence-electron chi connectivity index (χ0n) is 37.5. The van der Waals surface area contributed by atoms with Crippen LogP contribution in [0.5, 0.6) is 0 Å². The van der Waals surface area contributed by atoms with Crippen molar-refractivity contribution in [3.05, 3.63) is 60.8 Å². The zero-order chi connectivity index (χ0) is 44.8. The lowest BCUT2D eigenvalue weighted by atomic mass is 10.00. The first-order valence-electron chi connectivity index (χ1n) is 23.3. The molecule has 352 valence electrons. The van der Waals surface area contributed by atoms with Crippen molar-refractivity contribution in [3.63, 3.8) is 0 Å². The fourth-order valence-corrected chi connectivity index (χ4v) is 7.50. The zero-order valence-corrected chi connectivity index (χ0v) is 38.3. The van der Waals surface area contributed by atoms with E-state index in [1.54, 1.807) is 6.08 Å². The Bertz CT molecular complexity index is 1360. The van der Waals surface area contributed by atoms with E-state index in [-0.39, 0.29) is 19.4 Å². The van der Waals surface area contributed by atoms with Gasteiger partial charge in [0.15, 0.2) is 12.4 Å². The maximum Gasteiger partial charge on any atom is 0.310 e. The number of aliphatic hydroxyl groups is 3. The molecule has 0 radical (unpaired) electrons. The maximum atomic E-state index is 12.8. The molecular formula is C48H82O12S. The summed E-state index contributed by atoms with van der Waals surface area (Å²) in [6, 6.07) is 0. The second kappa shape index (κ2) is 37.9. The average Bonchev–Trinajstić information content (AvgIpc) is 3.22. The van der Waals surface area contributed by atoms with Gasteiger partial charge in [0.25, 0.3) is 10.1 Å². The van der Waals surface area contributed by atoms with Crippen LogP contribution in [0.25, 0.3) is 0 Å². The molecule has 0 saturated carbocycles. The Morgan fingerprint density at radius 1 is 0.574 bits per heavy atom. The van der Waals surface area contributed by atoms with Crippen LogP contribution >= 0.6 is 0 Å². The number of rotatable bonds is 38. The lowest BCUT2D eigenvalue weighted by molar-refractivity contribution is -0.297. The van der Waals surface area contributed by atoms with Gasteiger partial charge in [-0.2, -0.15) is 8.42 Å². The SMILES string of the molecule is CC/C=C\C/C=C\C/C=C\C/C=C\C/C=C\CC(=O)OC(COC(=O)CCCCCCCCCCCCCCCCCCCC)COC1OC(CS(=O)(=O)O)C(O)C(O)C1O. The molecule has 6 unspecified atom stereocenters. The van der Waals surface area contributed by atoms with E-state index in [4.69, 9.17) is 18.9 Å². The number of ether oxygens (including phenoxy) is 4. The summed E-state index contributed by atoms with van der Waals surface area (Å²) in [6.07, 6.45) is 37.3. The lowest BCUT2D eigenvalue weighted by Gasteiger charge is -2.40. The third-order valence-electron chi connectivity index (χ3n) is 10.4. The maximum absolute atomic E-state index is 12.8. The first-order chi connectivity index (χ1) is 29.5. The minimum absolute atomic E-state index is 0.0683. The van der Waals surface area contributed by atoms with Crippen LogP contribution in [0, 0.1) is 0 Å². The summed E-state index contributed by atoms with van der Waals surface area (Å²) in [4.78, 5) is 25.4. The third-order valence-corrected chi connectivity index (χ3v) is 11.1. The van der Waals surface area contributed by atoms with Gasteiger partial charge in [0.05, 0.1) is 13.0 Å². The van der Waals surface area contributed by atoms with E-state index < -0.39 is 71.2 Å². The molecule has 1 aliphatic rings. The Hall–Kier alpha value is -2.65. The van der Waals surface area contributed by atoms with Crippen LogP contribution in [0.3, 0.4) is 0 Å². The number of carbonyl (C=O) groups excluding carboxylic acids is 2. The van der Waals surface area contributed by atoms with Crippen LogP contribution in [0.15, 0.2) is 60.8 Å². The predicted octanol–water partition coefficient (Wildman–Crippen LogP) is 9.73. The summed E-state index contributed by atoms with van der Waals surface area (Å²) in [5, 5.41) is 30.9. The van der Waals surface area contributed by atoms with Gasteiger partial charge in [-0.25, -0.2) is 0 Å². The van der Waals surface area contributed by atoms with Gasteiger partial charge in [-0.15, -0.1) is 0 Å². The van der Waals surface area contributed by atoms with Crippen molar-refractivity contribution in [2.75, 3.05) is 19.0 Å². The van der Waals surface area contributed by atoms with Crippen LogP contribution in [0.1, 0.15) is 174 Å². The highest BCUT2D eigenvalue weighted by molar-refractivity contribution is 7.85. The fourth-order valence-electron chi connectivity index (χ4n) is 6.81. The van der Waals surface area contributed by atoms with Gasteiger partial charge < -0.3 is 34.3 Å². The van der Waals surface area contributed by atoms with Gasteiger partial charge in [-0.1, -0.05) is 184 Å². The van der Waals surface area contributed by atoms with Crippen molar-refractivity contribution >= 4 is 22.1 Å². The Kier molecular flexibility index (Phi) is 35.0. The minimum atomic E-state index is -4.62. The van der Waals surface area contributed by atoms with Gasteiger partial charge in [0.2, 0.25) is 0 Å². The molecule has 13 heteroatoms. The third kappa shape index (κ3) is 32.7. The van der Waals surface area contributed by atoms with E-state index in [0.29, 0.717) is 12.8 Å². The van der Waals surface area contributed by atoms with Crippen LogP contribution in [0.2, 0.25) is 0 Å².